The molecule has 80 valence electrons. The maximum Gasteiger partial charge on any atom is 0.212 e. The Hall–Kier alpha value is -1.84. The molecule has 0 aliphatic rings. The fourth-order valence-corrected chi connectivity index (χ4v) is 0.999. The summed E-state index contributed by atoms with van der Waals surface area (Å²) in [5.74, 6) is 0.660. The first-order valence-electron chi connectivity index (χ1n) is 4.63. The molecule has 0 radical (unpaired) electrons. The molecular formula is C11H15N3O. The van der Waals surface area contributed by atoms with Gasteiger partial charge in [-0.1, -0.05) is 6.07 Å². The molecule has 0 unspecified atom stereocenters. The fourth-order valence-electron chi connectivity index (χ4n) is 0.999. The van der Waals surface area contributed by atoms with Crippen LogP contribution in [-0.2, 0) is 7.05 Å². The number of nitrogens with zero attached hydrogens (tertiary/aromatic N) is 3. The minimum absolute atomic E-state index is 0.660. The minimum Gasteiger partial charge on any atom is -0.481 e. The maximum atomic E-state index is 4.80. The van der Waals surface area contributed by atoms with Crippen molar-refractivity contribution in [2.75, 3.05) is 7.11 Å². The fraction of sp³-hybridized carbons (Fsp3) is 0.273. The van der Waals surface area contributed by atoms with Gasteiger partial charge in [0.25, 0.3) is 0 Å². The lowest BCUT2D eigenvalue weighted by Gasteiger charge is -1.92. The second-order valence-electron chi connectivity index (χ2n) is 3.00. The van der Waals surface area contributed by atoms with Crippen molar-refractivity contribution >= 4 is 0 Å². The number of hydrogen-bond acceptors (Lipinski definition) is 3. The topological polar surface area (TPSA) is 39.9 Å². The van der Waals surface area contributed by atoms with Gasteiger partial charge in [0.1, 0.15) is 0 Å². The number of pyridine rings is 1. The summed E-state index contributed by atoms with van der Waals surface area (Å²) in [7, 11) is 3.51. The smallest absolute Gasteiger partial charge is 0.212 e. The van der Waals surface area contributed by atoms with E-state index in [1.165, 1.54) is 0 Å². The Morgan fingerprint density at radius 1 is 1.27 bits per heavy atom. The van der Waals surface area contributed by atoms with Crippen molar-refractivity contribution in [3.8, 4) is 5.88 Å². The second kappa shape index (κ2) is 5.80. The van der Waals surface area contributed by atoms with Crippen LogP contribution < -0.4 is 4.74 Å². The highest BCUT2D eigenvalue weighted by Gasteiger charge is 1.82. The highest BCUT2D eigenvalue weighted by atomic mass is 16.5. The van der Waals surface area contributed by atoms with Crippen LogP contribution in [0, 0.1) is 6.92 Å². The van der Waals surface area contributed by atoms with Crippen molar-refractivity contribution in [3.05, 3.63) is 42.4 Å². The molecule has 2 aromatic rings. The van der Waals surface area contributed by atoms with Crippen molar-refractivity contribution in [2.45, 2.75) is 6.92 Å². The number of aryl methyl sites for hydroxylation is 2. The lowest BCUT2D eigenvalue weighted by Crippen LogP contribution is -1.86. The van der Waals surface area contributed by atoms with Crippen LogP contribution in [0.1, 0.15) is 5.69 Å². The summed E-state index contributed by atoms with van der Waals surface area (Å²) in [5.41, 5.74) is 1.07. The van der Waals surface area contributed by atoms with Crippen LogP contribution in [0.15, 0.2) is 36.7 Å². The number of methoxy groups -OCH3 is 1. The first kappa shape index (κ1) is 11.2. The van der Waals surface area contributed by atoms with Gasteiger partial charge < -0.3 is 4.74 Å². The Kier molecular flexibility index (Phi) is 4.34. The molecule has 4 heteroatoms. The van der Waals surface area contributed by atoms with Crippen molar-refractivity contribution < 1.29 is 4.74 Å². The Morgan fingerprint density at radius 3 is 2.33 bits per heavy atom. The molecule has 0 aromatic carbocycles. The van der Waals surface area contributed by atoms with Gasteiger partial charge >= 0.3 is 0 Å². The molecule has 0 saturated carbocycles. The first-order chi connectivity index (χ1) is 7.22. The summed E-state index contributed by atoms with van der Waals surface area (Å²) in [6, 6.07) is 7.51. The molecular weight excluding hydrogens is 190 g/mol. The lowest BCUT2D eigenvalue weighted by molar-refractivity contribution is 0.398. The Bertz CT molecular complexity index is 367. The van der Waals surface area contributed by atoms with E-state index in [0.717, 1.165) is 5.69 Å². The molecule has 0 saturated heterocycles. The molecule has 2 rings (SSSR count). The highest BCUT2D eigenvalue weighted by molar-refractivity contribution is 5.08. The summed E-state index contributed by atoms with van der Waals surface area (Å²) in [6.07, 6.45) is 3.62. The van der Waals surface area contributed by atoms with Gasteiger partial charge in [-0.25, -0.2) is 4.98 Å². The van der Waals surface area contributed by atoms with Gasteiger partial charge in [-0.3, -0.25) is 4.68 Å². The van der Waals surface area contributed by atoms with Gasteiger partial charge in [0.05, 0.1) is 12.8 Å². The van der Waals surface area contributed by atoms with Gasteiger partial charge in [0.2, 0.25) is 5.88 Å². The zero-order valence-corrected chi connectivity index (χ0v) is 9.21. The van der Waals surface area contributed by atoms with Crippen LogP contribution in [0.25, 0.3) is 0 Å². The monoisotopic (exact) mass is 205 g/mol. The third-order valence-corrected chi connectivity index (χ3v) is 1.69. The van der Waals surface area contributed by atoms with Crippen LogP contribution in [-0.4, -0.2) is 21.9 Å². The summed E-state index contributed by atoms with van der Waals surface area (Å²) in [6.45, 7) is 1.97. The molecule has 0 bridgehead atoms. The van der Waals surface area contributed by atoms with E-state index >= 15 is 0 Å². The zero-order valence-electron chi connectivity index (χ0n) is 9.21. The van der Waals surface area contributed by atoms with E-state index in [9.17, 15) is 0 Å². The normalized spacial score (nSPS) is 9.00. The summed E-state index contributed by atoms with van der Waals surface area (Å²) >= 11 is 0. The van der Waals surface area contributed by atoms with Crippen molar-refractivity contribution in [1.29, 1.82) is 0 Å². The molecule has 2 aromatic heterocycles. The Balaban J connectivity index is 0.000000151. The van der Waals surface area contributed by atoms with Crippen LogP contribution in [0.4, 0.5) is 0 Å². The average Bonchev–Trinajstić information content (AvgIpc) is 2.65. The Morgan fingerprint density at radius 2 is 2.07 bits per heavy atom. The summed E-state index contributed by atoms with van der Waals surface area (Å²) in [5, 5.41) is 4.03. The molecule has 0 spiro atoms. The van der Waals surface area contributed by atoms with Crippen LogP contribution in [0.3, 0.4) is 0 Å². The number of ether oxygens (including phenoxy) is 1. The molecule has 0 fully saturated rings. The predicted molar refractivity (Wildman–Crippen MR) is 58.7 cm³/mol. The molecule has 0 N–H and O–H groups in total. The van der Waals surface area contributed by atoms with Crippen molar-refractivity contribution in [1.82, 2.24) is 14.8 Å². The largest absolute Gasteiger partial charge is 0.481 e. The Labute approximate surface area is 89.5 Å². The summed E-state index contributed by atoms with van der Waals surface area (Å²) < 4.78 is 6.59. The number of rotatable bonds is 1. The van der Waals surface area contributed by atoms with Crippen molar-refractivity contribution in [2.24, 2.45) is 7.05 Å². The van der Waals surface area contributed by atoms with Gasteiger partial charge in [0.15, 0.2) is 0 Å². The van der Waals surface area contributed by atoms with E-state index in [1.54, 1.807) is 24.1 Å². The zero-order chi connectivity index (χ0) is 11.1. The second-order valence-corrected chi connectivity index (χ2v) is 3.00. The van der Waals surface area contributed by atoms with E-state index in [2.05, 4.69) is 10.1 Å². The SMILES string of the molecule is COc1ccccn1.Cc1ccn(C)n1. The van der Waals surface area contributed by atoms with Gasteiger partial charge in [-0.2, -0.15) is 5.10 Å². The quantitative estimate of drug-likeness (QED) is 0.713. The molecule has 0 atom stereocenters. The van der Waals surface area contributed by atoms with Crippen LogP contribution >= 0.6 is 0 Å². The van der Waals surface area contributed by atoms with E-state index in [-0.39, 0.29) is 0 Å². The predicted octanol–water partition coefficient (Wildman–Crippen LogP) is 1.82. The third-order valence-electron chi connectivity index (χ3n) is 1.69. The molecule has 0 aliphatic carbocycles. The van der Waals surface area contributed by atoms with E-state index in [4.69, 9.17) is 4.74 Å². The number of aromatic nitrogens is 3. The van der Waals surface area contributed by atoms with Gasteiger partial charge in [0, 0.05) is 25.5 Å². The van der Waals surface area contributed by atoms with E-state index < -0.39 is 0 Å². The lowest BCUT2D eigenvalue weighted by atomic mass is 10.5. The first-order valence-corrected chi connectivity index (χ1v) is 4.63. The third kappa shape index (κ3) is 4.26. The molecule has 4 nitrogen and oxygen atoms in total. The van der Waals surface area contributed by atoms with Crippen LogP contribution in [0.2, 0.25) is 0 Å². The van der Waals surface area contributed by atoms with E-state index in [1.807, 2.05) is 38.4 Å². The maximum absolute atomic E-state index is 4.80. The number of hydrogen-bond donors (Lipinski definition) is 0. The summed E-state index contributed by atoms with van der Waals surface area (Å²) in [4.78, 5) is 3.88. The van der Waals surface area contributed by atoms with Crippen LogP contribution in [0.5, 0.6) is 5.88 Å². The molecule has 0 aliphatic heterocycles. The average molecular weight is 205 g/mol. The molecule has 2 heterocycles. The molecule has 15 heavy (non-hydrogen) atoms. The van der Waals surface area contributed by atoms with E-state index in [0.29, 0.717) is 5.88 Å². The standard InChI is InChI=1S/C6H7NO.C5H8N2/c1-8-6-4-2-3-5-7-6;1-5-3-4-7(2)6-5/h2-5H,1H3;3-4H,1-2H3. The van der Waals surface area contributed by atoms with Crippen molar-refractivity contribution in [3.63, 3.8) is 0 Å². The van der Waals surface area contributed by atoms with Gasteiger partial charge in [-0.05, 0) is 19.1 Å². The molecule has 0 amide bonds. The highest BCUT2D eigenvalue weighted by Crippen LogP contribution is 1.99. The van der Waals surface area contributed by atoms with Gasteiger partial charge in [-0.15, -0.1) is 0 Å². The minimum atomic E-state index is 0.660.